The number of rotatable bonds is 2. The fourth-order valence-electron chi connectivity index (χ4n) is 3.23. The van der Waals surface area contributed by atoms with Crippen molar-refractivity contribution < 1.29 is 4.74 Å². The summed E-state index contributed by atoms with van der Waals surface area (Å²) in [6.45, 7) is 5.43. The van der Waals surface area contributed by atoms with E-state index in [0.717, 1.165) is 13.0 Å². The lowest BCUT2D eigenvalue weighted by atomic mass is 10.00. The van der Waals surface area contributed by atoms with E-state index in [9.17, 15) is 0 Å². The zero-order chi connectivity index (χ0) is 11.8. The fraction of sp³-hybridized carbons (Fsp3) is 0.600. The fourth-order valence-corrected chi connectivity index (χ4v) is 3.23. The average Bonchev–Trinajstić information content (AvgIpc) is 2.85. The van der Waals surface area contributed by atoms with Gasteiger partial charge in [-0.3, -0.25) is 0 Å². The number of nitrogens with one attached hydrogen (secondary N) is 1. The van der Waals surface area contributed by atoms with Gasteiger partial charge in [0.25, 0.3) is 0 Å². The van der Waals surface area contributed by atoms with E-state index in [4.69, 9.17) is 4.74 Å². The molecule has 1 N–H and O–H groups in total. The van der Waals surface area contributed by atoms with E-state index in [-0.39, 0.29) is 0 Å². The first-order valence-electron chi connectivity index (χ1n) is 6.71. The Labute approximate surface area is 103 Å². The van der Waals surface area contributed by atoms with Gasteiger partial charge in [0, 0.05) is 18.7 Å². The summed E-state index contributed by atoms with van der Waals surface area (Å²) in [7, 11) is 0. The number of ether oxygens (including phenoxy) is 1. The molecule has 1 fully saturated rings. The monoisotopic (exact) mass is 231 g/mol. The molecule has 17 heavy (non-hydrogen) atoms. The van der Waals surface area contributed by atoms with Crippen LogP contribution in [0, 0.1) is 5.92 Å². The Balaban J connectivity index is 1.79. The zero-order valence-corrected chi connectivity index (χ0v) is 10.6. The maximum Gasteiger partial charge on any atom is 0.0700 e. The molecule has 0 amide bonds. The Morgan fingerprint density at radius 3 is 2.82 bits per heavy atom. The maximum absolute atomic E-state index is 5.64. The van der Waals surface area contributed by atoms with Gasteiger partial charge in [-0.25, -0.2) is 0 Å². The van der Waals surface area contributed by atoms with Crippen LogP contribution in [0.25, 0.3) is 0 Å². The molecule has 4 atom stereocenters. The Morgan fingerprint density at radius 2 is 2.06 bits per heavy atom. The van der Waals surface area contributed by atoms with Crippen molar-refractivity contribution in [2.45, 2.75) is 44.9 Å². The Kier molecular flexibility index (Phi) is 2.93. The van der Waals surface area contributed by atoms with E-state index < -0.39 is 0 Å². The first kappa shape index (κ1) is 11.2. The lowest BCUT2D eigenvalue weighted by Gasteiger charge is -2.25. The number of hydrogen-bond acceptors (Lipinski definition) is 2. The maximum atomic E-state index is 5.64. The van der Waals surface area contributed by atoms with E-state index in [2.05, 4.69) is 43.4 Å². The van der Waals surface area contributed by atoms with Gasteiger partial charge in [-0.15, -0.1) is 0 Å². The first-order valence-corrected chi connectivity index (χ1v) is 6.71. The van der Waals surface area contributed by atoms with Crippen LogP contribution in [-0.2, 0) is 11.2 Å². The first-order chi connectivity index (χ1) is 8.25. The van der Waals surface area contributed by atoms with Gasteiger partial charge >= 0.3 is 0 Å². The van der Waals surface area contributed by atoms with Gasteiger partial charge in [0.05, 0.1) is 6.10 Å². The largest absolute Gasteiger partial charge is 0.377 e. The summed E-state index contributed by atoms with van der Waals surface area (Å²) in [6.07, 6.45) is 2.71. The molecular formula is C15H21NO. The van der Waals surface area contributed by atoms with Crippen LogP contribution >= 0.6 is 0 Å². The number of hydrogen-bond donors (Lipinski definition) is 1. The lowest BCUT2D eigenvalue weighted by Crippen LogP contribution is -2.38. The summed E-state index contributed by atoms with van der Waals surface area (Å²) < 4.78 is 5.64. The van der Waals surface area contributed by atoms with Gasteiger partial charge in [0.1, 0.15) is 0 Å². The van der Waals surface area contributed by atoms with Crippen molar-refractivity contribution in [3.05, 3.63) is 35.4 Å². The second kappa shape index (κ2) is 4.43. The number of benzene rings is 1. The van der Waals surface area contributed by atoms with Crippen LogP contribution in [0.5, 0.6) is 0 Å². The van der Waals surface area contributed by atoms with Crippen molar-refractivity contribution in [3.8, 4) is 0 Å². The lowest BCUT2D eigenvalue weighted by molar-refractivity contribution is 0.109. The zero-order valence-electron chi connectivity index (χ0n) is 10.6. The van der Waals surface area contributed by atoms with Crippen molar-refractivity contribution in [1.29, 1.82) is 0 Å². The molecule has 0 spiro atoms. The van der Waals surface area contributed by atoms with E-state index in [1.807, 2.05) is 0 Å². The van der Waals surface area contributed by atoms with Crippen LogP contribution in [0.4, 0.5) is 0 Å². The molecule has 1 aliphatic carbocycles. The molecule has 2 nitrogen and oxygen atoms in total. The predicted molar refractivity (Wildman–Crippen MR) is 69.0 cm³/mol. The minimum atomic E-state index is 0.356. The summed E-state index contributed by atoms with van der Waals surface area (Å²) in [6, 6.07) is 9.88. The van der Waals surface area contributed by atoms with Crippen molar-refractivity contribution in [2.75, 3.05) is 6.61 Å². The molecule has 2 heteroatoms. The van der Waals surface area contributed by atoms with Gasteiger partial charge in [-0.05, 0) is 36.8 Å². The van der Waals surface area contributed by atoms with Gasteiger partial charge in [0.2, 0.25) is 0 Å². The molecule has 0 unspecified atom stereocenters. The summed E-state index contributed by atoms with van der Waals surface area (Å²) in [5.74, 6) is 0.695. The van der Waals surface area contributed by atoms with Gasteiger partial charge in [-0.1, -0.05) is 31.2 Å². The average molecular weight is 231 g/mol. The molecule has 1 heterocycles. The molecule has 1 saturated heterocycles. The molecule has 2 aliphatic rings. The predicted octanol–water partition coefficient (Wildman–Crippen LogP) is 2.69. The van der Waals surface area contributed by atoms with Crippen LogP contribution in [0.15, 0.2) is 24.3 Å². The third kappa shape index (κ3) is 2.00. The SMILES string of the molecule is C[C@@H]1Cc2ccccc2[C@@H]1N[C@H]1CCO[C@H]1C. The third-order valence-electron chi connectivity index (χ3n) is 4.27. The Morgan fingerprint density at radius 1 is 1.24 bits per heavy atom. The molecule has 3 rings (SSSR count). The third-order valence-corrected chi connectivity index (χ3v) is 4.27. The molecule has 0 radical (unpaired) electrons. The van der Waals surface area contributed by atoms with E-state index in [0.29, 0.717) is 24.1 Å². The molecule has 1 aromatic rings. The molecule has 1 aliphatic heterocycles. The van der Waals surface area contributed by atoms with Gasteiger partial charge < -0.3 is 10.1 Å². The second-order valence-corrected chi connectivity index (χ2v) is 5.50. The van der Waals surface area contributed by atoms with Gasteiger partial charge in [-0.2, -0.15) is 0 Å². The molecule has 0 aromatic heterocycles. The van der Waals surface area contributed by atoms with E-state index in [1.54, 1.807) is 0 Å². The van der Waals surface area contributed by atoms with Crippen LogP contribution in [0.2, 0.25) is 0 Å². The second-order valence-electron chi connectivity index (χ2n) is 5.50. The topological polar surface area (TPSA) is 21.3 Å². The number of fused-ring (bicyclic) bond motifs is 1. The van der Waals surface area contributed by atoms with Crippen LogP contribution in [-0.4, -0.2) is 18.8 Å². The van der Waals surface area contributed by atoms with Gasteiger partial charge in [0.15, 0.2) is 0 Å². The molecule has 0 bridgehead atoms. The molecule has 0 saturated carbocycles. The Bertz CT molecular complexity index is 404. The minimum Gasteiger partial charge on any atom is -0.377 e. The highest BCUT2D eigenvalue weighted by Gasteiger charge is 2.33. The highest BCUT2D eigenvalue weighted by atomic mass is 16.5. The summed E-state index contributed by atoms with van der Waals surface area (Å²) in [4.78, 5) is 0. The summed E-state index contributed by atoms with van der Waals surface area (Å²) >= 11 is 0. The van der Waals surface area contributed by atoms with Crippen molar-refractivity contribution in [2.24, 2.45) is 5.92 Å². The normalized spacial score (nSPS) is 36.1. The van der Waals surface area contributed by atoms with E-state index in [1.165, 1.54) is 17.5 Å². The standard InChI is InChI=1S/C15H21NO/c1-10-9-12-5-3-4-6-13(12)15(10)16-14-7-8-17-11(14)2/h3-6,10-11,14-16H,7-9H2,1-2H3/t10-,11+,14+,15-/m1/s1. The van der Waals surface area contributed by atoms with Crippen LogP contribution in [0.3, 0.4) is 0 Å². The highest BCUT2D eigenvalue weighted by molar-refractivity contribution is 5.35. The Hall–Kier alpha value is -0.860. The van der Waals surface area contributed by atoms with E-state index >= 15 is 0 Å². The quantitative estimate of drug-likeness (QED) is 0.845. The summed E-state index contributed by atoms with van der Waals surface area (Å²) in [5, 5.41) is 3.81. The van der Waals surface area contributed by atoms with Crippen molar-refractivity contribution in [3.63, 3.8) is 0 Å². The van der Waals surface area contributed by atoms with Crippen LogP contribution in [0.1, 0.15) is 37.4 Å². The van der Waals surface area contributed by atoms with Crippen molar-refractivity contribution in [1.82, 2.24) is 5.32 Å². The molecular weight excluding hydrogens is 210 g/mol. The smallest absolute Gasteiger partial charge is 0.0700 e. The molecule has 92 valence electrons. The van der Waals surface area contributed by atoms with Crippen LogP contribution < -0.4 is 5.32 Å². The highest BCUT2D eigenvalue weighted by Crippen LogP contribution is 2.36. The van der Waals surface area contributed by atoms with Crippen molar-refractivity contribution >= 4 is 0 Å². The summed E-state index contributed by atoms with van der Waals surface area (Å²) in [5.41, 5.74) is 3.02. The molecule has 1 aromatic carbocycles. The minimum absolute atomic E-state index is 0.356.